The summed E-state index contributed by atoms with van der Waals surface area (Å²) >= 11 is 0. The van der Waals surface area contributed by atoms with Gasteiger partial charge in [0.2, 0.25) is 0 Å². The van der Waals surface area contributed by atoms with Gasteiger partial charge >= 0.3 is 0 Å². The number of hydrogen-bond acceptors (Lipinski definition) is 2. The second-order valence-corrected chi connectivity index (χ2v) is 8.22. The van der Waals surface area contributed by atoms with Crippen molar-refractivity contribution < 1.29 is 0 Å². The lowest BCUT2D eigenvalue weighted by atomic mass is 9.17. The third kappa shape index (κ3) is 0.670. The lowest BCUT2D eigenvalue weighted by Crippen LogP contribution is -2.86. The van der Waals surface area contributed by atoms with E-state index in [-0.39, 0.29) is 11.1 Å². The van der Waals surface area contributed by atoms with Crippen LogP contribution >= 0.6 is 0 Å². The number of rotatable bonds is 0. The minimum atomic E-state index is 0.115. The van der Waals surface area contributed by atoms with Gasteiger partial charge in [0, 0.05) is 5.41 Å². The standard InChI is InChI=1S/C15H24N2/c1-11-6-8-13(11,3)15(5)10(11)12(2)7-9-14(15,4)17-16-12/h10H,6-9H2,1-5H3/t10?,11?,12?,13-,14-,15-/m0/s1. The summed E-state index contributed by atoms with van der Waals surface area (Å²) in [6.07, 6.45) is 5.30. The van der Waals surface area contributed by atoms with Crippen molar-refractivity contribution in [2.24, 2.45) is 32.4 Å². The molecule has 2 aliphatic heterocycles. The Morgan fingerprint density at radius 2 is 1.53 bits per heavy atom. The van der Waals surface area contributed by atoms with Crippen molar-refractivity contribution in [1.29, 1.82) is 0 Å². The van der Waals surface area contributed by atoms with E-state index in [9.17, 15) is 0 Å². The third-order valence-electron chi connectivity index (χ3n) is 8.12. The first-order valence-electron chi connectivity index (χ1n) is 7.18. The maximum absolute atomic E-state index is 4.78. The van der Waals surface area contributed by atoms with Gasteiger partial charge in [-0.25, -0.2) is 0 Å². The first-order valence-corrected chi connectivity index (χ1v) is 7.18. The Kier molecular flexibility index (Phi) is 1.38. The molecule has 0 aromatic carbocycles. The zero-order valence-electron chi connectivity index (χ0n) is 11.8. The van der Waals surface area contributed by atoms with Gasteiger partial charge in [-0.2, -0.15) is 10.2 Å². The van der Waals surface area contributed by atoms with Crippen LogP contribution in [0.1, 0.15) is 60.3 Å². The van der Waals surface area contributed by atoms with Gasteiger partial charge in [-0.1, -0.05) is 20.8 Å². The monoisotopic (exact) mass is 232 g/mol. The van der Waals surface area contributed by atoms with Crippen LogP contribution in [-0.4, -0.2) is 11.1 Å². The molecule has 3 aliphatic carbocycles. The Morgan fingerprint density at radius 1 is 0.824 bits per heavy atom. The Balaban J connectivity index is 1.97. The summed E-state index contributed by atoms with van der Waals surface area (Å²) in [4.78, 5) is 0. The Hall–Kier alpha value is -0.400. The molecule has 5 rings (SSSR count). The first kappa shape index (κ1) is 10.5. The van der Waals surface area contributed by atoms with Gasteiger partial charge in [-0.15, -0.1) is 0 Å². The fourth-order valence-corrected chi connectivity index (χ4v) is 6.69. The van der Waals surface area contributed by atoms with Crippen LogP contribution in [0.15, 0.2) is 10.2 Å². The molecule has 5 aliphatic rings. The molecule has 0 radical (unpaired) electrons. The van der Waals surface area contributed by atoms with E-state index in [1.807, 2.05) is 0 Å². The number of azo groups is 1. The molecule has 17 heavy (non-hydrogen) atoms. The summed E-state index contributed by atoms with van der Waals surface area (Å²) in [6.45, 7) is 12.3. The van der Waals surface area contributed by atoms with Crippen LogP contribution in [0, 0.1) is 22.2 Å². The van der Waals surface area contributed by atoms with Gasteiger partial charge in [0.05, 0.1) is 11.1 Å². The van der Waals surface area contributed by atoms with Crippen LogP contribution in [0.5, 0.6) is 0 Å². The highest BCUT2D eigenvalue weighted by atomic mass is 15.3. The topological polar surface area (TPSA) is 24.7 Å². The van der Waals surface area contributed by atoms with Crippen LogP contribution < -0.4 is 0 Å². The van der Waals surface area contributed by atoms with E-state index >= 15 is 0 Å². The number of nitrogens with zero attached hydrogens (tertiary/aromatic N) is 2. The largest absolute Gasteiger partial charge is 0.187 e. The van der Waals surface area contributed by atoms with Crippen LogP contribution in [0.2, 0.25) is 0 Å². The summed E-state index contributed by atoms with van der Waals surface area (Å²) < 4.78 is 0. The third-order valence-corrected chi connectivity index (χ3v) is 8.12. The minimum Gasteiger partial charge on any atom is -0.187 e. The zero-order valence-corrected chi connectivity index (χ0v) is 11.8. The number of hydrogen-bond donors (Lipinski definition) is 0. The molecule has 0 saturated heterocycles. The number of fused-ring (bicyclic) bond motifs is 2. The van der Waals surface area contributed by atoms with Crippen molar-refractivity contribution in [2.45, 2.75) is 71.4 Å². The molecular formula is C15H24N2. The molecule has 0 aromatic rings. The second kappa shape index (κ2) is 2.23. The van der Waals surface area contributed by atoms with E-state index in [2.05, 4.69) is 34.6 Å². The van der Waals surface area contributed by atoms with Gasteiger partial charge in [-0.05, 0) is 56.3 Å². The van der Waals surface area contributed by atoms with Crippen molar-refractivity contribution in [2.75, 3.05) is 0 Å². The molecule has 2 nitrogen and oxygen atoms in total. The molecule has 3 saturated carbocycles. The average Bonchev–Trinajstić information content (AvgIpc) is 2.29. The Labute approximate surface area is 104 Å². The highest BCUT2D eigenvalue weighted by molar-refractivity contribution is 5.37. The molecule has 3 unspecified atom stereocenters. The van der Waals surface area contributed by atoms with Crippen molar-refractivity contribution >= 4 is 0 Å². The summed E-state index contributed by atoms with van der Waals surface area (Å²) in [5, 5.41) is 9.53. The fraction of sp³-hybridized carbons (Fsp3) is 1.00. The maximum Gasteiger partial charge on any atom is 0.0851 e. The lowest BCUT2D eigenvalue weighted by molar-refractivity contribution is -0.381. The van der Waals surface area contributed by atoms with E-state index in [0.29, 0.717) is 16.2 Å². The summed E-state index contributed by atoms with van der Waals surface area (Å²) in [6, 6.07) is 0. The highest BCUT2D eigenvalue weighted by Crippen LogP contribution is 2.89. The first-order chi connectivity index (χ1) is 7.74. The molecule has 94 valence electrons. The van der Waals surface area contributed by atoms with E-state index in [1.165, 1.54) is 25.7 Å². The predicted molar refractivity (Wildman–Crippen MR) is 67.9 cm³/mol. The van der Waals surface area contributed by atoms with Crippen molar-refractivity contribution in [3.05, 3.63) is 0 Å². The summed E-state index contributed by atoms with van der Waals surface area (Å²) in [5.41, 5.74) is 1.70. The van der Waals surface area contributed by atoms with Gasteiger partial charge in [0.1, 0.15) is 0 Å². The molecular weight excluding hydrogens is 208 g/mol. The molecule has 2 bridgehead atoms. The normalized spacial score (nSPS) is 71.2. The van der Waals surface area contributed by atoms with Crippen molar-refractivity contribution in [3.63, 3.8) is 0 Å². The smallest absolute Gasteiger partial charge is 0.0851 e. The molecule has 0 amide bonds. The van der Waals surface area contributed by atoms with E-state index < -0.39 is 0 Å². The molecule has 3 fully saturated rings. The lowest BCUT2D eigenvalue weighted by Gasteiger charge is -2.87. The molecule has 2 heteroatoms. The van der Waals surface area contributed by atoms with Gasteiger partial charge < -0.3 is 0 Å². The Bertz CT molecular complexity index is 458. The minimum absolute atomic E-state index is 0.115. The molecule has 2 heterocycles. The zero-order chi connectivity index (χ0) is 12.3. The van der Waals surface area contributed by atoms with Crippen LogP contribution in [0.4, 0.5) is 0 Å². The van der Waals surface area contributed by atoms with Gasteiger partial charge in [-0.3, -0.25) is 0 Å². The summed E-state index contributed by atoms with van der Waals surface area (Å²) in [7, 11) is 0. The van der Waals surface area contributed by atoms with E-state index in [4.69, 9.17) is 10.2 Å². The maximum atomic E-state index is 4.78. The van der Waals surface area contributed by atoms with E-state index in [1.54, 1.807) is 0 Å². The molecule has 0 aromatic heterocycles. The van der Waals surface area contributed by atoms with Crippen molar-refractivity contribution in [1.82, 2.24) is 0 Å². The van der Waals surface area contributed by atoms with Gasteiger partial charge in [0.15, 0.2) is 0 Å². The molecule has 0 N–H and O–H groups in total. The molecule has 6 atom stereocenters. The van der Waals surface area contributed by atoms with Crippen LogP contribution in [-0.2, 0) is 0 Å². The van der Waals surface area contributed by atoms with Crippen LogP contribution in [0.25, 0.3) is 0 Å². The quantitative estimate of drug-likeness (QED) is 0.598. The SMILES string of the molecule is CC12CC[C@](C)(N=N1)[C@@]1(C)C2C2(C)CC[C@@]21C. The predicted octanol–water partition coefficient (Wildman–Crippen LogP) is 4.21. The van der Waals surface area contributed by atoms with Crippen LogP contribution in [0.3, 0.4) is 0 Å². The second-order valence-electron chi connectivity index (χ2n) is 8.22. The average molecular weight is 232 g/mol. The highest BCUT2D eigenvalue weighted by Gasteiger charge is 2.87. The molecule has 0 spiro atoms. The van der Waals surface area contributed by atoms with Crippen molar-refractivity contribution in [3.8, 4) is 0 Å². The van der Waals surface area contributed by atoms with Gasteiger partial charge in [0.25, 0.3) is 0 Å². The fourth-order valence-electron chi connectivity index (χ4n) is 6.69. The van der Waals surface area contributed by atoms with E-state index in [0.717, 1.165) is 5.92 Å². The summed E-state index contributed by atoms with van der Waals surface area (Å²) in [5.74, 6) is 0.762. The Morgan fingerprint density at radius 3 is 1.94 bits per heavy atom.